The maximum atomic E-state index is 12.4. The molecule has 0 aromatic heterocycles. The molecule has 1 aliphatic carbocycles. The summed E-state index contributed by atoms with van der Waals surface area (Å²) in [5.74, 6) is 7.25. The molecule has 37 heavy (non-hydrogen) atoms. The van der Waals surface area contributed by atoms with Gasteiger partial charge in [-0.25, -0.2) is 0 Å². The second kappa shape index (κ2) is 13.7. The van der Waals surface area contributed by atoms with Crippen LogP contribution in [0, 0.1) is 29.6 Å². The van der Waals surface area contributed by atoms with E-state index in [-0.39, 0.29) is 12.5 Å². The number of carbonyl (C=O) groups is 3. The lowest BCUT2D eigenvalue weighted by atomic mass is 9.72. The van der Waals surface area contributed by atoms with Crippen molar-refractivity contribution >= 4 is 23.3 Å². The van der Waals surface area contributed by atoms with Gasteiger partial charge in [-0.3, -0.25) is 14.4 Å². The summed E-state index contributed by atoms with van der Waals surface area (Å²) in [6, 6.07) is 13.2. The zero-order valence-corrected chi connectivity index (χ0v) is 21.6. The Labute approximate surface area is 219 Å². The van der Waals surface area contributed by atoms with E-state index in [9.17, 15) is 14.4 Å². The molecule has 2 aromatic rings. The molecule has 2 aromatic carbocycles. The first-order valence-corrected chi connectivity index (χ1v) is 13.0. The number of rotatable bonds is 9. The third-order valence-corrected chi connectivity index (χ3v) is 7.37. The third-order valence-electron chi connectivity index (χ3n) is 7.37. The molecule has 7 heteroatoms. The van der Waals surface area contributed by atoms with Crippen molar-refractivity contribution in [1.82, 2.24) is 5.32 Å². The Morgan fingerprint density at radius 3 is 2.22 bits per heavy atom. The molecular formula is C30H37N3O4. The fraction of sp³-hybridized carbons (Fsp3) is 0.433. The molecule has 2 amide bonds. The van der Waals surface area contributed by atoms with E-state index in [0.717, 1.165) is 29.2 Å². The largest absolute Gasteiger partial charge is 0.388 e. The van der Waals surface area contributed by atoms with Crippen molar-refractivity contribution < 1.29 is 19.5 Å². The lowest BCUT2D eigenvalue weighted by Gasteiger charge is -2.34. The summed E-state index contributed by atoms with van der Waals surface area (Å²) in [5.41, 5.74) is 8.14. The highest BCUT2D eigenvalue weighted by molar-refractivity contribution is 5.98. The summed E-state index contributed by atoms with van der Waals surface area (Å²) < 4.78 is 0. The summed E-state index contributed by atoms with van der Waals surface area (Å²) in [6.07, 6.45) is 5.27. The second-order valence-corrected chi connectivity index (χ2v) is 9.91. The van der Waals surface area contributed by atoms with Crippen LogP contribution in [0.4, 0.5) is 5.69 Å². The topological polar surface area (TPSA) is 122 Å². The summed E-state index contributed by atoms with van der Waals surface area (Å²) in [5, 5.41) is 14.5. The van der Waals surface area contributed by atoms with Gasteiger partial charge in [0.1, 0.15) is 12.6 Å². The van der Waals surface area contributed by atoms with Gasteiger partial charge in [0.25, 0.3) is 5.91 Å². The van der Waals surface area contributed by atoms with Gasteiger partial charge in [-0.15, -0.1) is 0 Å². The van der Waals surface area contributed by atoms with Gasteiger partial charge in [0.05, 0.1) is 0 Å². The van der Waals surface area contributed by atoms with Gasteiger partial charge in [0.15, 0.2) is 5.78 Å². The lowest BCUT2D eigenvalue weighted by Crippen LogP contribution is -2.46. The van der Waals surface area contributed by atoms with Gasteiger partial charge in [-0.2, -0.15) is 0 Å². The minimum absolute atomic E-state index is 0.0481. The Morgan fingerprint density at radius 1 is 1.00 bits per heavy atom. The van der Waals surface area contributed by atoms with Crippen LogP contribution in [0.3, 0.4) is 0 Å². The molecule has 7 nitrogen and oxygen atoms in total. The van der Waals surface area contributed by atoms with Gasteiger partial charge in [-0.1, -0.05) is 45.0 Å². The Hall–Kier alpha value is -3.47. The minimum Gasteiger partial charge on any atom is -0.388 e. The normalized spacial score (nSPS) is 19.7. The van der Waals surface area contributed by atoms with Gasteiger partial charge in [0, 0.05) is 35.3 Å². The molecule has 0 aliphatic heterocycles. The molecule has 5 N–H and O–H groups in total. The van der Waals surface area contributed by atoms with Gasteiger partial charge >= 0.3 is 0 Å². The molecule has 0 saturated heterocycles. The van der Waals surface area contributed by atoms with E-state index in [4.69, 9.17) is 10.8 Å². The summed E-state index contributed by atoms with van der Waals surface area (Å²) in [6.45, 7) is 3.87. The Kier molecular flexibility index (Phi) is 10.4. The van der Waals surface area contributed by atoms with Gasteiger partial charge < -0.3 is 21.5 Å². The Balaban J connectivity index is 1.50. The smallest absolute Gasteiger partial charge is 0.251 e. The standard InChI is InChI=1S/C30H37N3O4/c1-20-4-3-5-24(21(20)2)14-17-29(36)32-26-15-10-23(11-16-26)7-6-22-8-12-25(13-9-22)30(37)33-27(18-31)28(35)19-34/h8-13,15-16,20-21,24,27,34H,3-5,14,17-19,31H2,1-2H3,(H,32,36)(H,33,37)/t20?,21?,24?,27-/m0/s1. The minimum atomic E-state index is -0.922. The predicted molar refractivity (Wildman–Crippen MR) is 145 cm³/mol. The number of Topliss-reactive ketones (excluding diaryl/α,β-unsaturated/α-hetero) is 1. The van der Waals surface area contributed by atoms with E-state index in [1.165, 1.54) is 19.3 Å². The number of hydrogen-bond donors (Lipinski definition) is 4. The molecule has 0 heterocycles. The van der Waals surface area contributed by atoms with Crippen molar-refractivity contribution in [1.29, 1.82) is 0 Å². The number of hydrogen-bond acceptors (Lipinski definition) is 5. The number of nitrogens with two attached hydrogens (primary N) is 1. The van der Waals surface area contributed by atoms with Crippen LogP contribution < -0.4 is 16.4 Å². The van der Waals surface area contributed by atoms with Crippen LogP contribution >= 0.6 is 0 Å². The van der Waals surface area contributed by atoms with Gasteiger partial charge in [0.2, 0.25) is 5.91 Å². The van der Waals surface area contributed by atoms with Crippen LogP contribution in [0.25, 0.3) is 0 Å². The number of anilines is 1. The number of carbonyl (C=O) groups excluding carboxylic acids is 3. The zero-order valence-electron chi connectivity index (χ0n) is 21.6. The SMILES string of the molecule is CC1CCCC(CCC(=O)Nc2ccc(C#Cc3ccc(C(=O)N[C@@H](CN)C(=O)CO)cc3)cc2)C1C. The van der Waals surface area contributed by atoms with E-state index in [0.29, 0.717) is 23.8 Å². The van der Waals surface area contributed by atoms with Crippen LogP contribution in [0.2, 0.25) is 0 Å². The highest BCUT2D eigenvalue weighted by Crippen LogP contribution is 2.36. The molecule has 1 aliphatic rings. The average Bonchev–Trinajstić information content (AvgIpc) is 2.91. The van der Waals surface area contributed by atoms with E-state index >= 15 is 0 Å². The molecule has 0 spiro atoms. The van der Waals surface area contributed by atoms with Crippen molar-refractivity contribution in [3.63, 3.8) is 0 Å². The van der Waals surface area contributed by atoms with E-state index in [1.807, 2.05) is 24.3 Å². The second-order valence-electron chi connectivity index (χ2n) is 9.91. The first-order chi connectivity index (χ1) is 17.8. The number of amides is 2. The number of aliphatic hydroxyl groups is 1. The fourth-order valence-corrected chi connectivity index (χ4v) is 4.75. The molecule has 0 bridgehead atoms. The highest BCUT2D eigenvalue weighted by atomic mass is 16.3. The number of ketones is 1. The number of aliphatic hydroxyl groups excluding tert-OH is 1. The average molecular weight is 504 g/mol. The van der Waals surface area contributed by atoms with E-state index in [1.54, 1.807) is 24.3 Å². The monoisotopic (exact) mass is 503 g/mol. The molecule has 1 saturated carbocycles. The van der Waals surface area contributed by atoms with Crippen LogP contribution in [-0.2, 0) is 9.59 Å². The first-order valence-electron chi connectivity index (χ1n) is 13.0. The lowest BCUT2D eigenvalue weighted by molar-refractivity contribution is -0.123. The summed E-state index contributed by atoms with van der Waals surface area (Å²) in [4.78, 5) is 36.3. The number of benzene rings is 2. The zero-order chi connectivity index (χ0) is 26.8. The van der Waals surface area contributed by atoms with Crippen molar-refractivity contribution in [3.05, 3.63) is 65.2 Å². The quantitative estimate of drug-likeness (QED) is 0.390. The molecule has 3 unspecified atom stereocenters. The summed E-state index contributed by atoms with van der Waals surface area (Å²) >= 11 is 0. The van der Waals surface area contributed by atoms with Crippen molar-refractivity contribution in [2.75, 3.05) is 18.5 Å². The van der Waals surface area contributed by atoms with Crippen LogP contribution in [0.1, 0.15) is 67.4 Å². The molecule has 4 atom stereocenters. The molecule has 3 rings (SSSR count). The number of nitrogens with one attached hydrogen (secondary N) is 2. The highest BCUT2D eigenvalue weighted by Gasteiger charge is 2.27. The van der Waals surface area contributed by atoms with Crippen molar-refractivity contribution in [3.8, 4) is 11.8 Å². The van der Waals surface area contributed by atoms with Crippen LogP contribution in [-0.4, -0.2) is 41.9 Å². The maximum Gasteiger partial charge on any atom is 0.251 e. The van der Waals surface area contributed by atoms with Crippen molar-refractivity contribution in [2.24, 2.45) is 23.5 Å². The van der Waals surface area contributed by atoms with E-state index in [2.05, 4.69) is 36.3 Å². The molecule has 196 valence electrons. The van der Waals surface area contributed by atoms with Crippen molar-refractivity contribution in [2.45, 2.75) is 52.0 Å². The Morgan fingerprint density at radius 2 is 1.62 bits per heavy atom. The van der Waals surface area contributed by atoms with E-state index < -0.39 is 24.3 Å². The van der Waals surface area contributed by atoms with Crippen LogP contribution in [0.15, 0.2) is 48.5 Å². The maximum absolute atomic E-state index is 12.4. The molecule has 1 fully saturated rings. The first kappa shape index (κ1) is 28.1. The Bertz CT molecular complexity index is 1130. The third kappa shape index (κ3) is 8.28. The molecule has 0 radical (unpaired) electrons. The molecular weight excluding hydrogens is 466 g/mol. The summed E-state index contributed by atoms with van der Waals surface area (Å²) in [7, 11) is 0. The fourth-order valence-electron chi connectivity index (χ4n) is 4.75. The van der Waals surface area contributed by atoms with Crippen LogP contribution in [0.5, 0.6) is 0 Å². The predicted octanol–water partition coefficient (Wildman–Crippen LogP) is 3.50. The van der Waals surface area contributed by atoms with Gasteiger partial charge in [-0.05, 0) is 72.7 Å².